The Hall–Kier alpha value is -3.14. The molecular weight excluding hydrogens is 465 g/mol. The number of primary amides is 1. The maximum atomic E-state index is 13.0. The number of allylic oxidation sites excluding steroid dienone is 3. The summed E-state index contributed by atoms with van der Waals surface area (Å²) in [6.07, 6.45) is 3.92. The summed E-state index contributed by atoms with van der Waals surface area (Å²) in [5.74, 6) is -0.971. The van der Waals surface area contributed by atoms with E-state index in [9.17, 15) is 18.9 Å². The fraction of sp³-hybridized carbons (Fsp3) is 0.409. The van der Waals surface area contributed by atoms with E-state index in [4.69, 9.17) is 20.3 Å². The van der Waals surface area contributed by atoms with Crippen LogP contribution in [0.25, 0.3) is 0 Å². The lowest BCUT2D eigenvalue weighted by Crippen LogP contribution is -2.47. The molecule has 0 fully saturated rings. The first-order valence-corrected chi connectivity index (χ1v) is 12.2. The molecule has 1 aliphatic carbocycles. The average molecular weight is 495 g/mol. The third-order valence-electron chi connectivity index (χ3n) is 5.02. The minimum atomic E-state index is -4.63. The Morgan fingerprint density at radius 2 is 1.88 bits per heavy atom. The van der Waals surface area contributed by atoms with Gasteiger partial charge in [-0.25, -0.2) is 4.57 Å². The SMILES string of the molecule is CCOc1ccc(C(C)NC(=O)C(CC2=CC=C(OP(=O)(O)O)CC2)NC(C)=O)cc1C(N)=O. The number of ether oxygens (including phenoxy) is 1. The number of amides is 3. The number of rotatable bonds is 11. The second kappa shape index (κ2) is 11.8. The monoisotopic (exact) mass is 495 g/mol. The molecule has 0 radical (unpaired) electrons. The average Bonchev–Trinajstić information content (AvgIpc) is 2.73. The number of phosphoric ester groups is 1. The molecule has 0 spiro atoms. The van der Waals surface area contributed by atoms with Gasteiger partial charge in [0.2, 0.25) is 11.8 Å². The first-order chi connectivity index (χ1) is 15.9. The molecule has 1 aliphatic rings. The number of benzene rings is 1. The molecule has 0 aromatic heterocycles. The van der Waals surface area contributed by atoms with Crippen LogP contribution in [0.5, 0.6) is 5.75 Å². The van der Waals surface area contributed by atoms with Crippen molar-refractivity contribution < 1.29 is 38.0 Å². The Morgan fingerprint density at radius 3 is 2.41 bits per heavy atom. The van der Waals surface area contributed by atoms with Crippen LogP contribution in [0.1, 0.15) is 62.0 Å². The number of nitrogens with two attached hydrogens (primary N) is 1. The Balaban J connectivity index is 2.14. The van der Waals surface area contributed by atoms with Crippen LogP contribution in [-0.4, -0.2) is 40.2 Å². The van der Waals surface area contributed by atoms with Gasteiger partial charge in [0.05, 0.1) is 18.2 Å². The van der Waals surface area contributed by atoms with E-state index in [0.29, 0.717) is 24.3 Å². The van der Waals surface area contributed by atoms with Crippen molar-refractivity contribution in [3.05, 3.63) is 52.8 Å². The van der Waals surface area contributed by atoms with Crippen molar-refractivity contribution in [3.63, 3.8) is 0 Å². The third kappa shape index (κ3) is 8.33. The molecule has 11 nitrogen and oxygen atoms in total. The van der Waals surface area contributed by atoms with E-state index in [0.717, 1.165) is 5.57 Å². The molecule has 2 unspecified atom stereocenters. The zero-order valence-corrected chi connectivity index (χ0v) is 20.1. The highest BCUT2D eigenvalue weighted by Gasteiger charge is 2.25. The standard InChI is InChI=1S/C22H30N3O8P/c1-4-32-20-10-7-16(12-18(20)21(23)27)13(2)24-22(28)19(25-14(3)26)11-15-5-8-17(9-6-15)33-34(29,30)31/h5,7-8,10,12-13,19H,4,6,9,11H2,1-3H3,(H2,23,27)(H,24,28)(H,25,26)(H2,29,30,31). The molecule has 0 saturated carbocycles. The zero-order valence-electron chi connectivity index (χ0n) is 19.2. The number of hydrogen-bond donors (Lipinski definition) is 5. The summed E-state index contributed by atoms with van der Waals surface area (Å²) in [7, 11) is -4.63. The molecular formula is C22H30N3O8P. The van der Waals surface area contributed by atoms with Crippen molar-refractivity contribution in [2.24, 2.45) is 5.73 Å². The number of carbonyl (C=O) groups excluding carboxylic acids is 3. The summed E-state index contributed by atoms with van der Waals surface area (Å²) in [5.41, 5.74) is 7.08. The lowest BCUT2D eigenvalue weighted by Gasteiger charge is -2.24. The predicted octanol–water partition coefficient (Wildman–Crippen LogP) is 1.97. The van der Waals surface area contributed by atoms with Crippen LogP contribution in [0.4, 0.5) is 0 Å². The fourth-order valence-electron chi connectivity index (χ4n) is 3.47. The number of hydrogen-bond acceptors (Lipinski definition) is 6. The Bertz CT molecular complexity index is 1050. The van der Waals surface area contributed by atoms with Crippen molar-refractivity contribution in [2.45, 2.75) is 52.1 Å². The smallest absolute Gasteiger partial charge is 0.493 e. The molecule has 0 aliphatic heterocycles. The van der Waals surface area contributed by atoms with E-state index in [2.05, 4.69) is 15.2 Å². The molecule has 12 heteroatoms. The van der Waals surface area contributed by atoms with Crippen molar-refractivity contribution >= 4 is 25.5 Å². The largest absolute Gasteiger partial charge is 0.524 e. The maximum Gasteiger partial charge on any atom is 0.524 e. The van der Waals surface area contributed by atoms with Gasteiger partial charge in [-0.1, -0.05) is 17.7 Å². The minimum Gasteiger partial charge on any atom is -0.493 e. The van der Waals surface area contributed by atoms with Crippen molar-refractivity contribution in [1.82, 2.24) is 10.6 Å². The summed E-state index contributed by atoms with van der Waals surface area (Å²) in [6, 6.07) is 3.52. The van der Waals surface area contributed by atoms with E-state index < -0.39 is 31.7 Å². The molecule has 0 saturated heterocycles. The molecule has 1 aromatic carbocycles. The Kier molecular flexibility index (Phi) is 9.43. The number of carbonyl (C=O) groups is 3. The van der Waals surface area contributed by atoms with E-state index in [1.165, 1.54) is 13.0 Å². The van der Waals surface area contributed by atoms with Crippen LogP contribution >= 0.6 is 7.82 Å². The highest BCUT2D eigenvalue weighted by molar-refractivity contribution is 7.46. The van der Waals surface area contributed by atoms with E-state index in [-0.39, 0.29) is 30.1 Å². The van der Waals surface area contributed by atoms with Gasteiger partial charge < -0.3 is 25.6 Å². The minimum absolute atomic E-state index is 0.145. The lowest BCUT2D eigenvalue weighted by molar-refractivity contribution is -0.128. The highest BCUT2D eigenvalue weighted by atomic mass is 31.2. The van der Waals surface area contributed by atoms with Gasteiger partial charge in [0.25, 0.3) is 5.91 Å². The lowest BCUT2D eigenvalue weighted by atomic mass is 9.96. The van der Waals surface area contributed by atoms with Gasteiger partial charge in [-0.3, -0.25) is 24.2 Å². The van der Waals surface area contributed by atoms with Gasteiger partial charge >= 0.3 is 7.82 Å². The zero-order chi connectivity index (χ0) is 25.5. The van der Waals surface area contributed by atoms with Gasteiger partial charge in [-0.05, 0) is 50.5 Å². The van der Waals surface area contributed by atoms with Gasteiger partial charge in [0.15, 0.2) is 0 Å². The van der Waals surface area contributed by atoms with E-state index in [1.54, 1.807) is 38.1 Å². The van der Waals surface area contributed by atoms with Crippen LogP contribution in [0.3, 0.4) is 0 Å². The second-order valence-electron chi connectivity index (χ2n) is 7.78. The summed E-state index contributed by atoms with van der Waals surface area (Å²) < 4.78 is 21.0. The predicted molar refractivity (Wildman–Crippen MR) is 123 cm³/mol. The molecule has 0 heterocycles. The van der Waals surface area contributed by atoms with Crippen LogP contribution in [0, 0.1) is 0 Å². The third-order valence-corrected chi connectivity index (χ3v) is 5.49. The molecule has 34 heavy (non-hydrogen) atoms. The highest BCUT2D eigenvalue weighted by Crippen LogP contribution is 2.41. The summed E-state index contributed by atoms with van der Waals surface area (Å²) in [5, 5.41) is 5.46. The van der Waals surface area contributed by atoms with Gasteiger partial charge in [0.1, 0.15) is 17.6 Å². The number of phosphoric acid groups is 1. The molecule has 1 aromatic rings. The molecule has 186 valence electrons. The van der Waals surface area contributed by atoms with Gasteiger partial charge in [-0.15, -0.1) is 0 Å². The van der Waals surface area contributed by atoms with Crippen molar-refractivity contribution in [3.8, 4) is 5.75 Å². The van der Waals surface area contributed by atoms with Gasteiger partial charge in [0, 0.05) is 13.3 Å². The van der Waals surface area contributed by atoms with Crippen molar-refractivity contribution in [2.75, 3.05) is 6.61 Å². The first-order valence-electron chi connectivity index (χ1n) is 10.7. The van der Waals surface area contributed by atoms with Crippen LogP contribution in [0.2, 0.25) is 0 Å². The second-order valence-corrected chi connectivity index (χ2v) is 8.94. The van der Waals surface area contributed by atoms with E-state index >= 15 is 0 Å². The normalized spacial score (nSPS) is 15.3. The molecule has 2 atom stereocenters. The number of nitrogens with one attached hydrogen (secondary N) is 2. The molecule has 6 N–H and O–H groups in total. The Labute approximate surface area is 197 Å². The first kappa shape index (κ1) is 27.1. The van der Waals surface area contributed by atoms with Gasteiger partial charge in [-0.2, -0.15) is 0 Å². The van der Waals surface area contributed by atoms with Crippen LogP contribution < -0.4 is 21.1 Å². The molecule has 0 bridgehead atoms. The summed E-state index contributed by atoms with van der Waals surface area (Å²) in [4.78, 5) is 54.3. The Morgan fingerprint density at radius 1 is 1.18 bits per heavy atom. The summed E-state index contributed by atoms with van der Waals surface area (Å²) in [6.45, 7) is 5.18. The van der Waals surface area contributed by atoms with Crippen LogP contribution in [0.15, 0.2) is 41.7 Å². The van der Waals surface area contributed by atoms with Crippen LogP contribution in [-0.2, 0) is 18.7 Å². The molecule has 2 rings (SSSR count). The molecule has 3 amide bonds. The summed E-state index contributed by atoms with van der Waals surface area (Å²) >= 11 is 0. The topological polar surface area (TPSA) is 177 Å². The van der Waals surface area contributed by atoms with E-state index in [1.807, 2.05) is 0 Å². The maximum absolute atomic E-state index is 13.0. The van der Waals surface area contributed by atoms with Crippen molar-refractivity contribution in [1.29, 1.82) is 0 Å². The quantitative estimate of drug-likeness (QED) is 0.289. The fourth-order valence-corrected chi connectivity index (χ4v) is 3.92.